The van der Waals surface area contributed by atoms with E-state index in [-0.39, 0.29) is 6.04 Å². The molecule has 5 heteroatoms. The molecule has 0 aliphatic heterocycles. The first kappa shape index (κ1) is 11.6. The van der Waals surface area contributed by atoms with Crippen LogP contribution in [0.15, 0.2) is 28.8 Å². The highest BCUT2D eigenvalue weighted by Gasteiger charge is 2.13. The van der Waals surface area contributed by atoms with Crippen LogP contribution in [0.5, 0.6) is 5.75 Å². The standard InChI is InChI=1S/C12H15N3O2/c1-3-10(13)12-14-11(15-17-12)8-4-6-9(16-2)7-5-8/h4-7,10H,3,13H2,1-2H3. The lowest BCUT2D eigenvalue weighted by atomic mass is 10.2. The van der Waals surface area contributed by atoms with Gasteiger partial charge in [-0.05, 0) is 30.7 Å². The van der Waals surface area contributed by atoms with Gasteiger partial charge >= 0.3 is 0 Å². The Morgan fingerprint density at radius 2 is 2.06 bits per heavy atom. The largest absolute Gasteiger partial charge is 0.497 e. The van der Waals surface area contributed by atoms with E-state index in [9.17, 15) is 0 Å². The highest BCUT2D eigenvalue weighted by Crippen LogP contribution is 2.21. The first-order valence-corrected chi connectivity index (χ1v) is 5.48. The van der Waals surface area contributed by atoms with Crippen LogP contribution in [-0.4, -0.2) is 17.3 Å². The Bertz CT molecular complexity index is 479. The summed E-state index contributed by atoms with van der Waals surface area (Å²) < 4.78 is 10.2. The molecule has 0 radical (unpaired) electrons. The molecule has 17 heavy (non-hydrogen) atoms. The van der Waals surface area contributed by atoms with Crippen LogP contribution in [0.2, 0.25) is 0 Å². The van der Waals surface area contributed by atoms with Gasteiger partial charge in [-0.25, -0.2) is 0 Å². The van der Waals surface area contributed by atoms with Crippen LogP contribution in [0.1, 0.15) is 25.3 Å². The van der Waals surface area contributed by atoms with Crippen molar-refractivity contribution in [2.45, 2.75) is 19.4 Å². The molecule has 1 heterocycles. The van der Waals surface area contributed by atoms with Gasteiger partial charge in [0, 0.05) is 5.56 Å². The van der Waals surface area contributed by atoms with E-state index in [1.54, 1.807) is 7.11 Å². The predicted octanol–water partition coefficient (Wildman–Crippen LogP) is 2.16. The Morgan fingerprint density at radius 1 is 1.35 bits per heavy atom. The zero-order valence-electron chi connectivity index (χ0n) is 9.88. The lowest BCUT2D eigenvalue weighted by molar-refractivity contribution is 0.352. The average Bonchev–Trinajstić information content (AvgIpc) is 2.87. The Morgan fingerprint density at radius 3 is 2.65 bits per heavy atom. The second kappa shape index (κ2) is 4.97. The molecular formula is C12H15N3O2. The van der Waals surface area contributed by atoms with Gasteiger partial charge in [0.05, 0.1) is 13.2 Å². The zero-order valence-corrected chi connectivity index (χ0v) is 9.88. The fourth-order valence-electron chi connectivity index (χ4n) is 1.42. The molecule has 0 aliphatic carbocycles. The summed E-state index contributed by atoms with van der Waals surface area (Å²) in [7, 11) is 1.63. The average molecular weight is 233 g/mol. The molecule has 0 fully saturated rings. The predicted molar refractivity (Wildman–Crippen MR) is 63.5 cm³/mol. The van der Waals surface area contributed by atoms with Crippen molar-refractivity contribution in [3.8, 4) is 17.1 Å². The normalized spacial score (nSPS) is 12.4. The summed E-state index contributed by atoms with van der Waals surface area (Å²) in [5.41, 5.74) is 6.69. The third-order valence-corrected chi connectivity index (χ3v) is 2.55. The van der Waals surface area contributed by atoms with Crippen LogP contribution in [0, 0.1) is 0 Å². The number of hydrogen-bond acceptors (Lipinski definition) is 5. The number of nitrogens with zero attached hydrogens (tertiary/aromatic N) is 2. The van der Waals surface area contributed by atoms with Crippen molar-refractivity contribution in [1.29, 1.82) is 0 Å². The molecule has 0 aliphatic rings. The summed E-state index contributed by atoms with van der Waals surface area (Å²) in [6.07, 6.45) is 0.768. The van der Waals surface area contributed by atoms with Crippen molar-refractivity contribution in [2.24, 2.45) is 5.73 Å². The van der Waals surface area contributed by atoms with Gasteiger partial charge in [0.1, 0.15) is 5.75 Å². The molecule has 2 rings (SSSR count). The third-order valence-electron chi connectivity index (χ3n) is 2.55. The second-order valence-corrected chi connectivity index (χ2v) is 3.70. The molecule has 0 spiro atoms. The maximum absolute atomic E-state index is 5.82. The van der Waals surface area contributed by atoms with Gasteiger partial charge in [-0.15, -0.1) is 0 Å². The molecule has 1 aromatic heterocycles. The highest BCUT2D eigenvalue weighted by atomic mass is 16.5. The van der Waals surface area contributed by atoms with E-state index in [1.165, 1.54) is 0 Å². The van der Waals surface area contributed by atoms with Gasteiger partial charge in [0.2, 0.25) is 11.7 Å². The smallest absolute Gasteiger partial charge is 0.243 e. The fourth-order valence-corrected chi connectivity index (χ4v) is 1.42. The topological polar surface area (TPSA) is 74.2 Å². The molecule has 0 amide bonds. The monoisotopic (exact) mass is 233 g/mol. The second-order valence-electron chi connectivity index (χ2n) is 3.70. The molecule has 2 N–H and O–H groups in total. The molecule has 0 saturated heterocycles. The number of aromatic nitrogens is 2. The summed E-state index contributed by atoms with van der Waals surface area (Å²) in [4.78, 5) is 4.26. The van der Waals surface area contributed by atoms with Gasteiger partial charge in [-0.2, -0.15) is 4.98 Å². The van der Waals surface area contributed by atoms with Crippen LogP contribution in [0.4, 0.5) is 0 Å². The van der Waals surface area contributed by atoms with Crippen LogP contribution in [-0.2, 0) is 0 Å². The van der Waals surface area contributed by atoms with Crippen LogP contribution in [0.3, 0.4) is 0 Å². The van der Waals surface area contributed by atoms with Crippen LogP contribution < -0.4 is 10.5 Å². The molecule has 1 atom stereocenters. The minimum absolute atomic E-state index is 0.200. The summed E-state index contributed by atoms with van der Waals surface area (Å²) in [6, 6.07) is 7.26. The van der Waals surface area contributed by atoms with E-state index >= 15 is 0 Å². The van der Waals surface area contributed by atoms with Crippen molar-refractivity contribution in [1.82, 2.24) is 10.1 Å². The maximum atomic E-state index is 5.82. The highest BCUT2D eigenvalue weighted by molar-refractivity contribution is 5.55. The van der Waals surface area contributed by atoms with E-state index in [4.69, 9.17) is 15.0 Å². The van der Waals surface area contributed by atoms with Crippen molar-refractivity contribution in [3.63, 3.8) is 0 Å². The molecule has 0 bridgehead atoms. The van der Waals surface area contributed by atoms with Gasteiger partial charge in [0.15, 0.2) is 0 Å². The molecule has 5 nitrogen and oxygen atoms in total. The first-order chi connectivity index (χ1) is 8.24. The minimum atomic E-state index is -0.200. The number of ether oxygens (including phenoxy) is 1. The van der Waals surface area contributed by atoms with Crippen molar-refractivity contribution in [2.75, 3.05) is 7.11 Å². The Labute approximate surface area is 99.6 Å². The molecule has 0 saturated carbocycles. The first-order valence-electron chi connectivity index (χ1n) is 5.48. The SMILES string of the molecule is CCC(N)c1nc(-c2ccc(OC)cc2)no1. The maximum Gasteiger partial charge on any atom is 0.243 e. The van der Waals surface area contributed by atoms with Crippen LogP contribution >= 0.6 is 0 Å². The van der Waals surface area contributed by atoms with Crippen molar-refractivity contribution >= 4 is 0 Å². The molecule has 1 aromatic carbocycles. The minimum Gasteiger partial charge on any atom is -0.497 e. The lowest BCUT2D eigenvalue weighted by Crippen LogP contribution is -2.08. The molecular weight excluding hydrogens is 218 g/mol. The quantitative estimate of drug-likeness (QED) is 0.875. The Hall–Kier alpha value is -1.88. The summed E-state index contributed by atoms with van der Waals surface area (Å²) in [5.74, 6) is 1.81. The number of benzene rings is 1. The Balaban J connectivity index is 2.24. The van der Waals surface area contributed by atoms with E-state index in [0.29, 0.717) is 11.7 Å². The van der Waals surface area contributed by atoms with Gasteiger partial charge in [-0.3, -0.25) is 0 Å². The van der Waals surface area contributed by atoms with Gasteiger partial charge in [-0.1, -0.05) is 12.1 Å². The van der Waals surface area contributed by atoms with E-state index < -0.39 is 0 Å². The van der Waals surface area contributed by atoms with E-state index in [0.717, 1.165) is 17.7 Å². The third kappa shape index (κ3) is 2.45. The number of nitrogens with two attached hydrogens (primary N) is 1. The fraction of sp³-hybridized carbons (Fsp3) is 0.333. The van der Waals surface area contributed by atoms with Crippen molar-refractivity contribution < 1.29 is 9.26 Å². The molecule has 90 valence electrons. The molecule has 2 aromatic rings. The lowest BCUT2D eigenvalue weighted by Gasteiger charge is -2.00. The number of rotatable bonds is 4. The van der Waals surface area contributed by atoms with E-state index in [1.807, 2.05) is 31.2 Å². The summed E-state index contributed by atoms with van der Waals surface area (Å²) in [5, 5.41) is 3.90. The number of hydrogen-bond donors (Lipinski definition) is 1. The van der Waals surface area contributed by atoms with Crippen molar-refractivity contribution in [3.05, 3.63) is 30.2 Å². The summed E-state index contributed by atoms with van der Waals surface area (Å²) >= 11 is 0. The Kier molecular flexibility index (Phi) is 3.39. The molecule has 1 unspecified atom stereocenters. The van der Waals surface area contributed by atoms with Crippen LogP contribution in [0.25, 0.3) is 11.4 Å². The van der Waals surface area contributed by atoms with Gasteiger partial charge < -0.3 is 15.0 Å². The summed E-state index contributed by atoms with van der Waals surface area (Å²) in [6.45, 7) is 1.97. The zero-order chi connectivity index (χ0) is 12.3. The van der Waals surface area contributed by atoms with Gasteiger partial charge in [0.25, 0.3) is 0 Å². The van der Waals surface area contributed by atoms with E-state index in [2.05, 4.69) is 10.1 Å². The number of methoxy groups -OCH3 is 1.